The Bertz CT molecular complexity index is 729. The number of carbonyl (C=O) groups is 1. The fourth-order valence-electron chi connectivity index (χ4n) is 3.76. The van der Waals surface area contributed by atoms with Gasteiger partial charge in [0.15, 0.2) is 11.6 Å². The third kappa shape index (κ3) is 3.84. The molecule has 1 aromatic carbocycles. The molecule has 25 heavy (non-hydrogen) atoms. The summed E-state index contributed by atoms with van der Waals surface area (Å²) in [4.78, 5) is 16.8. The maximum atomic E-state index is 12.4. The van der Waals surface area contributed by atoms with E-state index in [4.69, 9.17) is 10.2 Å². The minimum absolute atomic E-state index is 0. The summed E-state index contributed by atoms with van der Waals surface area (Å²) < 4.78 is 5.52. The minimum Gasteiger partial charge on any atom is -0.448 e. The first-order valence-electron chi connectivity index (χ1n) is 8.32. The molecular formula is C18H23Cl2N3O2. The van der Waals surface area contributed by atoms with Crippen LogP contribution in [-0.4, -0.2) is 16.9 Å². The van der Waals surface area contributed by atoms with Gasteiger partial charge in [-0.3, -0.25) is 4.79 Å². The predicted molar refractivity (Wildman–Crippen MR) is 101 cm³/mol. The molecule has 1 aromatic heterocycles. The zero-order valence-corrected chi connectivity index (χ0v) is 15.4. The zero-order chi connectivity index (χ0) is 15.8. The molecule has 2 aliphatic carbocycles. The van der Waals surface area contributed by atoms with Crippen LogP contribution in [0.2, 0.25) is 0 Å². The first-order valence-corrected chi connectivity index (χ1v) is 8.32. The molecule has 1 saturated carbocycles. The molecule has 2 aliphatic rings. The summed E-state index contributed by atoms with van der Waals surface area (Å²) in [5, 5.41) is 3.01. The Morgan fingerprint density at radius 2 is 1.92 bits per heavy atom. The van der Waals surface area contributed by atoms with Gasteiger partial charge in [-0.15, -0.1) is 24.8 Å². The molecule has 136 valence electrons. The van der Waals surface area contributed by atoms with Gasteiger partial charge in [-0.2, -0.15) is 0 Å². The maximum Gasteiger partial charge on any atom is 0.273 e. The lowest BCUT2D eigenvalue weighted by molar-refractivity contribution is 0.0928. The van der Waals surface area contributed by atoms with Crippen LogP contribution in [-0.2, 0) is 6.42 Å². The van der Waals surface area contributed by atoms with Crippen LogP contribution >= 0.6 is 24.8 Å². The zero-order valence-electron chi connectivity index (χ0n) is 13.8. The van der Waals surface area contributed by atoms with Crippen molar-refractivity contribution in [2.45, 2.75) is 50.1 Å². The number of amides is 1. The molecule has 0 saturated heterocycles. The van der Waals surface area contributed by atoms with E-state index in [2.05, 4.69) is 16.4 Å². The van der Waals surface area contributed by atoms with E-state index in [1.807, 2.05) is 18.2 Å². The van der Waals surface area contributed by atoms with Crippen molar-refractivity contribution >= 4 is 30.7 Å². The third-order valence-electron chi connectivity index (χ3n) is 5.06. The highest BCUT2D eigenvalue weighted by Crippen LogP contribution is 2.33. The smallest absolute Gasteiger partial charge is 0.273 e. The molecule has 3 N–H and O–H groups in total. The van der Waals surface area contributed by atoms with Crippen molar-refractivity contribution < 1.29 is 9.21 Å². The number of carbonyl (C=O) groups excluding carboxylic acids is 1. The fraction of sp³-hybridized carbons (Fsp3) is 0.444. The molecule has 0 aliphatic heterocycles. The molecule has 0 bridgehead atoms. The molecule has 0 unspecified atom stereocenters. The summed E-state index contributed by atoms with van der Waals surface area (Å²) in [6.45, 7) is 0. The van der Waals surface area contributed by atoms with Gasteiger partial charge in [0, 0.05) is 5.92 Å². The number of aromatic nitrogens is 1. The summed E-state index contributed by atoms with van der Waals surface area (Å²) in [5.41, 5.74) is 8.94. The van der Waals surface area contributed by atoms with Crippen LogP contribution in [0.15, 0.2) is 34.9 Å². The molecular weight excluding hydrogens is 361 g/mol. The molecule has 0 spiro atoms. The molecule has 1 amide bonds. The second-order valence-corrected chi connectivity index (χ2v) is 6.56. The van der Waals surface area contributed by atoms with Crippen molar-refractivity contribution in [3.05, 3.63) is 53.2 Å². The highest BCUT2D eigenvalue weighted by atomic mass is 35.5. The van der Waals surface area contributed by atoms with E-state index in [1.165, 1.54) is 24.7 Å². The third-order valence-corrected chi connectivity index (χ3v) is 5.06. The van der Waals surface area contributed by atoms with Gasteiger partial charge >= 0.3 is 0 Å². The number of halogens is 2. The van der Waals surface area contributed by atoms with E-state index in [0.29, 0.717) is 17.5 Å². The van der Waals surface area contributed by atoms with Crippen LogP contribution in [0.25, 0.3) is 0 Å². The van der Waals surface area contributed by atoms with Crippen molar-refractivity contribution in [1.29, 1.82) is 0 Å². The van der Waals surface area contributed by atoms with Gasteiger partial charge in [0.2, 0.25) is 0 Å². The van der Waals surface area contributed by atoms with E-state index in [9.17, 15) is 4.79 Å². The second-order valence-electron chi connectivity index (χ2n) is 6.56. The van der Waals surface area contributed by atoms with Crippen LogP contribution in [0.3, 0.4) is 0 Å². The van der Waals surface area contributed by atoms with E-state index in [1.54, 1.807) is 0 Å². The van der Waals surface area contributed by atoms with Gasteiger partial charge < -0.3 is 15.5 Å². The first kappa shape index (κ1) is 19.8. The maximum absolute atomic E-state index is 12.4. The van der Waals surface area contributed by atoms with Gasteiger partial charge in [0.05, 0.1) is 12.1 Å². The SMILES string of the molecule is Cl.Cl.N[C@@H]1c2ccccc2C[C@H]1NC(=O)c1coc(C2CCCC2)n1. The number of fused-ring (bicyclic) bond motifs is 1. The largest absolute Gasteiger partial charge is 0.448 e. The average molecular weight is 384 g/mol. The summed E-state index contributed by atoms with van der Waals surface area (Å²) in [6.07, 6.45) is 6.86. The first-order chi connectivity index (χ1) is 11.2. The van der Waals surface area contributed by atoms with Crippen LogP contribution in [0.1, 0.15) is 65.1 Å². The minimum atomic E-state index is -0.203. The molecule has 5 nitrogen and oxygen atoms in total. The number of benzene rings is 1. The fourth-order valence-corrected chi connectivity index (χ4v) is 3.76. The van der Waals surface area contributed by atoms with Crippen LogP contribution < -0.4 is 11.1 Å². The summed E-state index contributed by atoms with van der Waals surface area (Å²) in [5.74, 6) is 0.868. The van der Waals surface area contributed by atoms with Crippen LogP contribution in [0, 0.1) is 0 Å². The Morgan fingerprint density at radius 1 is 1.20 bits per heavy atom. The number of nitrogens with zero attached hydrogens (tertiary/aromatic N) is 1. The summed E-state index contributed by atoms with van der Waals surface area (Å²) >= 11 is 0. The van der Waals surface area contributed by atoms with Gasteiger partial charge in [-0.05, 0) is 30.4 Å². The van der Waals surface area contributed by atoms with Gasteiger partial charge in [0.1, 0.15) is 6.26 Å². The standard InChI is InChI=1S/C18H21N3O2.2ClH/c19-16-13-8-4-3-7-12(13)9-14(16)20-17(22)15-10-23-18(21-15)11-5-1-2-6-11;;/h3-4,7-8,10-11,14,16H,1-2,5-6,9,19H2,(H,20,22);2*1H/t14-,16-;;/m1../s1. The number of hydrogen-bond donors (Lipinski definition) is 2. The number of hydrogen-bond acceptors (Lipinski definition) is 4. The van der Waals surface area contributed by atoms with Gasteiger partial charge in [-0.25, -0.2) is 4.98 Å². The van der Waals surface area contributed by atoms with Crippen molar-refractivity contribution in [3.8, 4) is 0 Å². The van der Waals surface area contributed by atoms with Crippen molar-refractivity contribution in [2.24, 2.45) is 5.73 Å². The van der Waals surface area contributed by atoms with Gasteiger partial charge in [0.25, 0.3) is 5.91 Å². The van der Waals surface area contributed by atoms with Crippen molar-refractivity contribution in [1.82, 2.24) is 10.3 Å². The number of nitrogens with one attached hydrogen (secondary N) is 1. The monoisotopic (exact) mass is 383 g/mol. The van der Waals surface area contributed by atoms with Crippen LogP contribution in [0.4, 0.5) is 0 Å². The Morgan fingerprint density at radius 3 is 2.64 bits per heavy atom. The topological polar surface area (TPSA) is 81.1 Å². The highest BCUT2D eigenvalue weighted by Gasteiger charge is 2.31. The molecule has 4 rings (SSSR count). The molecule has 0 radical (unpaired) electrons. The lowest BCUT2D eigenvalue weighted by Crippen LogP contribution is -2.40. The Labute approximate surface area is 159 Å². The lowest BCUT2D eigenvalue weighted by Gasteiger charge is -2.17. The Balaban J connectivity index is 0.00000113. The van der Waals surface area contributed by atoms with E-state index in [0.717, 1.165) is 24.8 Å². The lowest BCUT2D eigenvalue weighted by atomic mass is 10.1. The normalized spacial score (nSPS) is 22.0. The number of rotatable bonds is 3. The van der Waals surface area contributed by atoms with Gasteiger partial charge in [-0.1, -0.05) is 37.1 Å². The van der Waals surface area contributed by atoms with E-state index >= 15 is 0 Å². The van der Waals surface area contributed by atoms with E-state index in [-0.39, 0.29) is 42.8 Å². The highest BCUT2D eigenvalue weighted by molar-refractivity contribution is 5.92. The molecule has 7 heteroatoms. The van der Waals surface area contributed by atoms with Crippen molar-refractivity contribution in [2.75, 3.05) is 0 Å². The van der Waals surface area contributed by atoms with Crippen molar-refractivity contribution in [3.63, 3.8) is 0 Å². The predicted octanol–water partition coefficient (Wildman–Crippen LogP) is 3.53. The van der Waals surface area contributed by atoms with E-state index < -0.39 is 0 Å². The molecule has 1 heterocycles. The Hall–Kier alpha value is -1.56. The van der Waals surface area contributed by atoms with Crippen LogP contribution in [0.5, 0.6) is 0 Å². The second kappa shape index (κ2) is 8.21. The number of oxazole rings is 1. The summed E-state index contributed by atoms with van der Waals surface area (Å²) in [7, 11) is 0. The molecule has 1 fully saturated rings. The molecule has 2 atom stereocenters. The quantitative estimate of drug-likeness (QED) is 0.848. The Kier molecular flexibility index (Phi) is 6.49. The number of nitrogens with two attached hydrogens (primary N) is 1. The molecule has 2 aromatic rings. The average Bonchev–Trinajstić information content (AvgIpc) is 3.28. The summed E-state index contributed by atoms with van der Waals surface area (Å²) in [6, 6.07) is 7.81.